The van der Waals surface area contributed by atoms with Crippen molar-refractivity contribution in [3.8, 4) is 5.75 Å². The summed E-state index contributed by atoms with van der Waals surface area (Å²) in [7, 11) is 0. The fourth-order valence-electron chi connectivity index (χ4n) is 0.538. The lowest BCUT2D eigenvalue weighted by Crippen LogP contribution is -2.04. The minimum atomic E-state index is -0.259. The van der Waals surface area contributed by atoms with Crippen LogP contribution in [0.3, 0.4) is 0 Å². The van der Waals surface area contributed by atoms with Crippen molar-refractivity contribution in [1.82, 2.24) is 0 Å². The molecular formula is C7H7ClO2S. The first-order valence-electron chi connectivity index (χ1n) is 3.16. The quantitative estimate of drug-likeness (QED) is 0.671. The second-order valence-corrected chi connectivity index (χ2v) is 3.06. The van der Waals surface area contributed by atoms with Crippen LogP contribution in [0.4, 0.5) is 0 Å². The molecule has 0 aliphatic carbocycles. The molecule has 0 bridgehead atoms. The van der Waals surface area contributed by atoms with E-state index in [1.807, 2.05) is 0 Å². The number of hydrogen-bond acceptors (Lipinski definition) is 3. The van der Waals surface area contributed by atoms with E-state index in [4.69, 9.17) is 16.3 Å². The monoisotopic (exact) mass is 190 g/mol. The molecule has 1 heterocycles. The Morgan fingerprint density at radius 3 is 2.91 bits per heavy atom. The maximum atomic E-state index is 10.8. The zero-order chi connectivity index (χ0) is 8.27. The Morgan fingerprint density at radius 1 is 1.73 bits per heavy atom. The molecule has 1 aromatic rings. The molecule has 0 aliphatic heterocycles. The van der Waals surface area contributed by atoms with Gasteiger partial charge in [-0.3, -0.25) is 4.79 Å². The zero-order valence-electron chi connectivity index (χ0n) is 5.96. The second kappa shape index (κ2) is 3.74. The van der Waals surface area contributed by atoms with Gasteiger partial charge in [-0.2, -0.15) is 0 Å². The molecule has 11 heavy (non-hydrogen) atoms. The van der Waals surface area contributed by atoms with Gasteiger partial charge in [0.05, 0.1) is 5.02 Å². The Morgan fingerprint density at radius 2 is 2.45 bits per heavy atom. The molecule has 0 aromatic carbocycles. The number of carbonyl (C=O) groups is 1. The van der Waals surface area contributed by atoms with E-state index in [-0.39, 0.29) is 5.97 Å². The van der Waals surface area contributed by atoms with Crippen LogP contribution in [0.25, 0.3) is 0 Å². The third-order valence-electron chi connectivity index (χ3n) is 1.09. The van der Waals surface area contributed by atoms with Crippen LogP contribution in [0.15, 0.2) is 10.8 Å². The smallest absolute Gasteiger partial charge is 0.310 e. The average Bonchev–Trinajstić information content (AvgIpc) is 2.37. The van der Waals surface area contributed by atoms with Gasteiger partial charge in [0.1, 0.15) is 0 Å². The summed E-state index contributed by atoms with van der Waals surface area (Å²) < 4.78 is 4.87. The summed E-state index contributed by atoms with van der Waals surface area (Å²) in [4.78, 5) is 10.8. The maximum Gasteiger partial charge on any atom is 0.310 e. The third-order valence-corrected chi connectivity index (χ3v) is 2.24. The Hall–Kier alpha value is -0.540. The van der Waals surface area contributed by atoms with Gasteiger partial charge in [-0.05, 0) is 0 Å². The summed E-state index contributed by atoms with van der Waals surface area (Å²) in [6, 6.07) is 0. The van der Waals surface area contributed by atoms with Crippen LogP contribution in [-0.2, 0) is 4.79 Å². The van der Waals surface area contributed by atoms with Crippen LogP contribution >= 0.6 is 22.9 Å². The number of carbonyl (C=O) groups excluding carboxylic acids is 1. The number of rotatable bonds is 2. The summed E-state index contributed by atoms with van der Waals surface area (Å²) in [5.41, 5.74) is 0. The van der Waals surface area contributed by atoms with Crippen molar-refractivity contribution in [2.75, 3.05) is 0 Å². The number of ether oxygens (including phenoxy) is 1. The first kappa shape index (κ1) is 8.56. The summed E-state index contributed by atoms with van der Waals surface area (Å²) in [5.74, 6) is 0.203. The molecule has 0 amide bonds. The highest BCUT2D eigenvalue weighted by Crippen LogP contribution is 2.28. The predicted molar refractivity (Wildman–Crippen MR) is 45.3 cm³/mol. The van der Waals surface area contributed by atoms with Gasteiger partial charge in [-0.15, -0.1) is 11.3 Å². The molecule has 0 radical (unpaired) electrons. The topological polar surface area (TPSA) is 26.3 Å². The molecule has 1 rings (SSSR count). The van der Waals surface area contributed by atoms with Gasteiger partial charge < -0.3 is 4.74 Å². The van der Waals surface area contributed by atoms with Crippen molar-refractivity contribution >= 4 is 28.9 Å². The van der Waals surface area contributed by atoms with E-state index in [0.717, 1.165) is 0 Å². The van der Waals surface area contributed by atoms with E-state index < -0.39 is 0 Å². The molecule has 0 fully saturated rings. The lowest BCUT2D eigenvalue weighted by atomic mass is 10.5. The lowest BCUT2D eigenvalue weighted by molar-refractivity contribution is -0.133. The van der Waals surface area contributed by atoms with Crippen molar-refractivity contribution in [3.63, 3.8) is 0 Å². The van der Waals surface area contributed by atoms with Crippen LogP contribution in [0.2, 0.25) is 5.02 Å². The number of hydrogen-bond donors (Lipinski definition) is 0. The van der Waals surface area contributed by atoms with Crippen molar-refractivity contribution in [3.05, 3.63) is 15.8 Å². The fraction of sp³-hybridized carbons (Fsp3) is 0.286. The largest absolute Gasteiger partial charge is 0.424 e. The Balaban J connectivity index is 2.64. The molecule has 0 aliphatic rings. The standard InChI is InChI=1S/C7H7ClO2S/c1-2-7(9)10-6-4-11-3-5(6)8/h3-4H,2H2,1H3. The van der Waals surface area contributed by atoms with Gasteiger partial charge in [-0.25, -0.2) is 0 Å². The van der Waals surface area contributed by atoms with E-state index in [2.05, 4.69) is 0 Å². The highest BCUT2D eigenvalue weighted by Gasteiger charge is 2.05. The van der Waals surface area contributed by atoms with Crippen molar-refractivity contribution in [2.24, 2.45) is 0 Å². The summed E-state index contributed by atoms with van der Waals surface area (Å²) in [6.45, 7) is 1.74. The van der Waals surface area contributed by atoms with E-state index >= 15 is 0 Å². The third kappa shape index (κ3) is 2.20. The molecule has 0 saturated carbocycles. The number of esters is 1. The van der Waals surface area contributed by atoms with Gasteiger partial charge >= 0.3 is 5.97 Å². The van der Waals surface area contributed by atoms with Crippen molar-refractivity contribution < 1.29 is 9.53 Å². The van der Waals surface area contributed by atoms with Crippen LogP contribution < -0.4 is 4.74 Å². The highest BCUT2D eigenvalue weighted by molar-refractivity contribution is 7.08. The fourth-order valence-corrected chi connectivity index (χ4v) is 1.45. The molecule has 4 heteroatoms. The second-order valence-electron chi connectivity index (χ2n) is 1.91. The van der Waals surface area contributed by atoms with Crippen molar-refractivity contribution in [1.29, 1.82) is 0 Å². The predicted octanol–water partition coefficient (Wildman–Crippen LogP) is 2.72. The number of thiophene rings is 1. The summed E-state index contributed by atoms with van der Waals surface area (Å²) >= 11 is 7.08. The first-order valence-corrected chi connectivity index (χ1v) is 4.48. The van der Waals surface area contributed by atoms with Crippen molar-refractivity contribution in [2.45, 2.75) is 13.3 Å². The van der Waals surface area contributed by atoms with E-state index in [1.165, 1.54) is 11.3 Å². The Labute approximate surface area is 73.7 Å². The molecule has 2 nitrogen and oxygen atoms in total. The van der Waals surface area contributed by atoms with Gasteiger partial charge in [0.15, 0.2) is 5.75 Å². The van der Waals surface area contributed by atoms with Gasteiger partial charge in [0, 0.05) is 17.2 Å². The van der Waals surface area contributed by atoms with E-state index in [9.17, 15) is 4.79 Å². The molecule has 0 saturated heterocycles. The van der Waals surface area contributed by atoms with Gasteiger partial charge in [-0.1, -0.05) is 18.5 Å². The first-order chi connectivity index (χ1) is 5.24. The molecule has 0 unspecified atom stereocenters. The van der Waals surface area contributed by atoms with Crippen LogP contribution in [0, 0.1) is 0 Å². The molecule has 0 atom stereocenters. The SMILES string of the molecule is CCC(=O)Oc1cscc1Cl. The Kier molecular flexibility index (Phi) is 2.91. The summed E-state index contributed by atoms with van der Waals surface area (Å²) in [5, 5.41) is 3.92. The minimum absolute atomic E-state index is 0.259. The van der Waals surface area contributed by atoms with E-state index in [0.29, 0.717) is 17.2 Å². The number of halogens is 1. The highest BCUT2D eigenvalue weighted by atomic mass is 35.5. The van der Waals surface area contributed by atoms with Gasteiger partial charge in [0.25, 0.3) is 0 Å². The Bertz CT molecular complexity index is 257. The van der Waals surface area contributed by atoms with E-state index in [1.54, 1.807) is 17.7 Å². The maximum absolute atomic E-state index is 10.8. The lowest BCUT2D eigenvalue weighted by Gasteiger charge is -1.98. The van der Waals surface area contributed by atoms with Gasteiger partial charge in [0.2, 0.25) is 0 Å². The molecule has 0 N–H and O–H groups in total. The zero-order valence-corrected chi connectivity index (χ0v) is 7.54. The molecular weight excluding hydrogens is 184 g/mol. The van der Waals surface area contributed by atoms with Crippen LogP contribution in [0.5, 0.6) is 5.75 Å². The summed E-state index contributed by atoms with van der Waals surface area (Å²) in [6.07, 6.45) is 0.367. The normalized spacial score (nSPS) is 9.64. The minimum Gasteiger partial charge on any atom is -0.424 e. The average molecular weight is 191 g/mol. The molecule has 1 aromatic heterocycles. The van der Waals surface area contributed by atoms with Crippen LogP contribution in [-0.4, -0.2) is 5.97 Å². The molecule has 0 spiro atoms. The molecule has 60 valence electrons. The van der Waals surface area contributed by atoms with Crippen LogP contribution in [0.1, 0.15) is 13.3 Å².